The highest BCUT2D eigenvalue weighted by molar-refractivity contribution is 9.10. The highest BCUT2D eigenvalue weighted by Gasteiger charge is 2.09. The van der Waals surface area contributed by atoms with Crippen LogP contribution in [-0.4, -0.2) is 18.3 Å². The summed E-state index contributed by atoms with van der Waals surface area (Å²) in [5.41, 5.74) is 2.59. The van der Waals surface area contributed by atoms with Crippen molar-refractivity contribution in [3.05, 3.63) is 58.1 Å². The van der Waals surface area contributed by atoms with Gasteiger partial charge in [-0.2, -0.15) is 0 Å². The molecule has 1 N–H and O–H groups in total. The average molecular weight is 413 g/mol. The van der Waals surface area contributed by atoms with E-state index in [0.717, 1.165) is 21.9 Å². The molecule has 0 fully saturated rings. The molecule has 0 heterocycles. The van der Waals surface area contributed by atoms with Gasteiger partial charge in [0.25, 0.3) is 5.91 Å². The molecule has 0 saturated heterocycles. The van der Waals surface area contributed by atoms with Crippen molar-refractivity contribution in [1.82, 2.24) is 0 Å². The lowest BCUT2D eigenvalue weighted by Crippen LogP contribution is -2.11. The van der Waals surface area contributed by atoms with Crippen LogP contribution in [0.2, 0.25) is 0 Å². The summed E-state index contributed by atoms with van der Waals surface area (Å²) < 4.78 is 5.91. The van der Waals surface area contributed by atoms with Gasteiger partial charge in [-0.1, -0.05) is 28.1 Å². The summed E-state index contributed by atoms with van der Waals surface area (Å²) in [6, 6.07) is 13.1. The largest absolute Gasteiger partial charge is 0.496 e. The Hall–Kier alpha value is -1.33. The van der Waals surface area contributed by atoms with Crippen LogP contribution in [0, 0.1) is 0 Å². The quantitative estimate of drug-likeness (QED) is 0.726. The van der Waals surface area contributed by atoms with Gasteiger partial charge in [-0.05, 0) is 58.2 Å². The number of carbonyl (C=O) groups excluding carboxylic acids is 1. The minimum absolute atomic E-state index is 0.147. The second-order valence-corrected chi connectivity index (χ2v) is 6.09. The first-order valence-electron chi connectivity index (χ1n) is 6.44. The molecule has 0 aliphatic carbocycles. The molecule has 0 aliphatic rings. The molecule has 0 aromatic heterocycles. The smallest absolute Gasteiger partial charge is 0.255 e. The Morgan fingerprint density at radius 1 is 1.19 bits per heavy atom. The van der Waals surface area contributed by atoms with Gasteiger partial charge in [-0.3, -0.25) is 4.79 Å². The maximum Gasteiger partial charge on any atom is 0.255 e. The fraction of sp³-hybridized carbons (Fsp3) is 0.188. The Balaban J connectivity index is 2.08. The van der Waals surface area contributed by atoms with Crippen LogP contribution < -0.4 is 10.1 Å². The molecule has 2 rings (SSSR count). The molecule has 2 aromatic rings. The Bertz CT molecular complexity index is 627. The summed E-state index contributed by atoms with van der Waals surface area (Å²) in [5.74, 6) is 0.553. The van der Waals surface area contributed by atoms with Crippen LogP contribution in [0.4, 0.5) is 5.69 Å². The molecule has 2 aromatic carbocycles. The number of aryl methyl sites for hydroxylation is 1. The average Bonchev–Trinajstić information content (AvgIpc) is 2.49. The Labute approximate surface area is 141 Å². The van der Waals surface area contributed by atoms with Crippen LogP contribution in [-0.2, 0) is 6.42 Å². The first-order chi connectivity index (χ1) is 10.1. The number of anilines is 1. The Kier molecular flexibility index (Phi) is 5.82. The number of hydrogen-bond acceptors (Lipinski definition) is 2. The maximum absolute atomic E-state index is 12.2. The number of amides is 1. The van der Waals surface area contributed by atoms with Crippen LogP contribution in [0.15, 0.2) is 46.9 Å². The second kappa shape index (κ2) is 7.61. The highest BCUT2D eigenvalue weighted by atomic mass is 79.9. The minimum Gasteiger partial charge on any atom is -0.496 e. The van der Waals surface area contributed by atoms with Gasteiger partial charge < -0.3 is 10.1 Å². The number of carbonyl (C=O) groups is 1. The summed E-state index contributed by atoms with van der Waals surface area (Å²) in [6.07, 6.45) is 0.972. The molecule has 0 radical (unpaired) electrons. The molecule has 5 heteroatoms. The molecule has 0 spiro atoms. The number of methoxy groups -OCH3 is 1. The van der Waals surface area contributed by atoms with Crippen molar-refractivity contribution >= 4 is 43.5 Å². The van der Waals surface area contributed by atoms with Crippen molar-refractivity contribution in [1.29, 1.82) is 0 Å². The highest BCUT2D eigenvalue weighted by Crippen LogP contribution is 2.25. The maximum atomic E-state index is 12.2. The molecular formula is C16H15Br2NO2. The zero-order chi connectivity index (χ0) is 15.2. The van der Waals surface area contributed by atoms with Gasteiger partial charge in [0, 0.05) is 16.6 Å². The standard InChI is InChI=1S/C16H15Br2NO2/c1-21-15-7-4-12(10-14(15)18)16(20)19-13-5-2-11(3-6-13)8-9-17/h2-7,10H,8-9H2,1H3,(H,19,20). The van der Waals surface area contributed by atoms with Crippen molar-refractivity contribution < 1.29 is 9.53 Å². The summed E-state index contributed by atoms with van der Waals surface area (Å²) in [6.45, 7) is 0. The van der Waals surface area contributed by atoms with E-state index in [1.54, 1.807) is 25.3 Å². The number of nitrogens with one attached hydrogen (secondary N) is 1. The molecule has 21 heavy (non-hydrogen) atoms. The summed E-state index contributed by atoms with van der Waals surface area (Å²) in [4.78, 5) is 12.2. The van der Waals surface area contributed by atoms with Crippen molar-refractivity contribution in [2.24, 2.45) is 0 Å². The zero-order valence-corrected chi connectivity index (χ0v) is 14.7. The molecule has 1 amide bonds. The van der Waals surface area contributed by atoms with E-state index in [1.165, 1.54) is 5.56 Å². The Morgan fingerprint density at radius 3 is 2.48 bits per heavy atom. The lowest BCUT2D eigenvalue weighted by atomic mass is 10.1. The van der Waals surface area contributed by atoms with Crippen LogP contribution >= 0.6 is 31.9 Å². The van der Waals surface area contributed by atoms with Gasteiger partial charge in [0.1, 0.15) is 5.75 Å². The third kappa shape index (κ3) is 4.32. The minimum atomic E-state index is -0.147. The van der Waals surface area contributed by atoms with E-state index >= 15 is 0 Å². The first-order valence-corrected chi connectivity index (χ1v) is 8.35. The number of hydrogen-bond donors (Lipinski definition) is 1. The zero-order valence-electron chi connectivity index (χ0n) is 11.5. The van der Waals surface area contributed by atoms with Gasteiger partial charge in [0.2, 0.25) is 0 Å². The van der Waals surface area contributed by atoms with E-state index < -0.39 is 0 Å². The fourth-order valence-electron chi connectivity index (χ4n) is 1.87. The van der Waals surface area contributed by atoms with Crippen molar-refractivity contribution in [3.8, 4) is 5.75 Å². The summed E-state index contributed by atoms with van der Waals surface area (Å²) in [5, 5.41) is 3.81. The molecule has 0 unspecified atom stereocenters. The number of alkyl halides is 1. The Morgan fingerprint density at radius 2 is 1.90 bits per heavy atom. The third-order valence-electron chi connectivity index (χ3n) is 3.01. The van der Waals surface area contributed by atoms with Crippen LogP contribution in [0.1, 0.15) is 15.9 Å². The number of rotatable bonds is 5. The van der Waals surface area contributed by atoms with Gasteiger partial charge >= 0.3 is 0 Å². The van der Waals surface area contributed by atoms with E-state index in [2.05, 4.69) is 37.2 Å². The van der Waals surface area contributed by atoms with E-state index in [0.29, 0.717) is 11.3 Å². The molecule has 3 nitrogen and oxygen atoms in total. The normalized spacial score (nSPS) is 10.2. The first kappa shape index (κ1) is 16.0. The van der Waals surface area contributed by atoms with Gasteiger partial charge in [-0.25, -0.2) is 0 Å². The van der Waals surface area contributed by atoms with Crippen LogP contribution in [0.25, 0.3) is 0 Å². The lowest BCUT2D eigenvalue weighted by Gasteiger charge is -2.08. The van der Waals surface area contributed by atoms with E-state index in [1.807, 2.05) is 24.3 Å². The predicted molar refractivity (Wildman–Crippen MR) is 92.6 cm³/mol. The molecule has 0 saturated carbocycles. The summed E-state index contributed by atoms with van der Waals surface area (Å²) >= 11 is 6.79. The topological polar surface area (TPSA) is 38.3 Å². The monoisotopic (exact) mass is 411 g/mol. The van der Waals surface area contributed by atoms with Crippen LogP contribution in [0.5, 0.6) is 5.75 Å². The summed E-state index contributed by atoms with van der Waals surface area (Å²) in [7, 11) is 1.59. The third-order valence-corrected chi connectivity index (χ3v) is 4.03. The molecule has 110 valence electrons. The fourth-order valence-corrected chi connectivity index (χ4v) is 2.87. The molecule has 0 atom stereocenters. The molecule has 0 bridgehead atoms. The SMILES string of the molecule is COc1ccc(C(=O)Nc2ccc(CCBr)cc2)cc1Br. The van der Waals surface area contributed by atoms with Crippen molar-refractivity contribution in [3.63, 3.8) is 0 Å². The number of halogens is 2. The molecule has 0 aliphatic heterocycles. The van der Waals surface area contributed by atoms with E-state index in [-0.39, 0.29) is 5.91 Å². The molecular weight excluding hydrogens is 398 g/mol. The van der Waals surface area contributed by atoms with Gasteiger partial charge in [0.15, 0.2) is 0 Å². The number of benzene rings is 2. The number of ether oxygens (including phenoxy) is 1. The van der Waals surface area contributed by atoms with Gasteiger partial charge in [0.05, 0.1) is 11.6 Å². The van der Waals surface area contributed by atoms with Crippen molar-refractivity contribution in [2.75, 3.05) is 17.8 Å². The van der Waals surface area contributed by atoms with Crippen molar-refractivity contribution in [2.45, 2.75) is 6.42 Å². The van der Waals surface area contributed by atoms with E-state index in [9.17, 15) is 4.79 Å². The predicted octanol–water partition coefficient (Wildman–Crippen LogP) is 4.65. The van der Waals surface area contributed by atoms with Crippen LogP contribution in [0.3, 0.4) is 0 Å². The van der Waals surface area contributed by atoms with E-state index in [4.69, 9.17) is 4.74 Å². The van der Waals surface area contributed by atoms with Gasteiger partial charge in [-0.15, -0.1) is 0 Å². The second-order valence-electron chi connectivity index (χ2n) is 4.44. The lowest BCUT2D eigenvalue weighted by molar-refractivity contribution is 0.102.